The summed E-state index contributed by atoms with van der Waals surface area (Å²) < 4.78 is 8.59. The fourth-order valence-electron chi connectivity index (χ4n) is 6.52. The molecule has 295 valence electrons. The lowest BCUT2D eigenvalue weighted by molar-refractivity contribution is 0.452. The molecule has 0 amide bonds. The monoisotopic (exact) mass is 813 g/mol. The van der Waals surface area contributed by atoms with E-state index in [1.165, 1.54) is 12.7 Å². The van der Waals surface area contributed by atoms with E-state index in [4.69, 9.17) is 37.7 Å². The van der Waals surface area contributed by atoms with Crippen molar-refractivity contribution >= 4 is 75.3 Å². The smallest absolute Gasteiger partial charge is 0.537 e. The molecule has 0 aliphatic rings. The second-order valence-electron chi connectivity index (χ2n) is 13.4. The Kier molecular flexibility index (Phi) is 11.4. The summed E-state index contributed by atoms with van der Waals surface area (Å²) in [7, 11) is 0.683. The number of pyridine rings is 4. The van der Waals surface area contributed by atoms with E-state index in [0.717, 1.165) is 49.9 Å². The molecule has 0 bridgehead atoms. The predicted octanol–water partition coefficient (Wildman–Crippen LogP) is 6.33. The average molecular weight is 814 g/mol. The van der Waals surface area contributed by atoms with Crippen molar-refractivity contribution in [2.45, 2.75) is 26.9 Å². The Morgan fingerprint density at radius 1 is 0.633 bits per heavy atom. The lowest BCUT2D eigenvalue weighted by Gasteiger charge is -2.13. The molecule has 16 nitrogen and oxygen atoms in total. The molecule has 0 fully saturated rings. The van der Waals surface area contributed by atoms with Gasteiger partial charge in [0.1, 0.15) is 34.6 Å². The number of aryl methyl sites for hydroxylation is 2. The summed E-state index contributed by atoms with van der Waals surface area (Å²) in [6, 6.07) is 27.6. The molecule has 5 N–H and O–H groups in total. The Labute approximate surface area is 348 Å². The van der Waals surface area contributed by atoms with E-state index in [-0.39, 0.29) is 0 Å². The Balaban J connectivity index is 0.000000138. The Bertz CT molecular complexity index is 3120. The van der Waals surface area contributed by atoms with Crippen LogP contribution in [0, 0.1) is 13.8 Å². The lowest BCUT2D eigenvalue weighted by Crippen LogP contribution is -2.04. The van der Waals surface area contributed by atoms with Crippen LogP contribution in [0.5, 0.6) is 5.75 Å². The molecule has 0 saturated heterocycles. The minimum Gasteiger partial charge on any atom is -0.537 e. The molecule has 0 aliphatic carbocycles. The van der Waals surface area contributed by atoms with Crippen molar-refractivity contribution in [1.29, 1.82) is 0 Å². The molecule has 8 heterocycles. The van der Waals surface area contributed by atoms with Gasteiger partial charge in [0.2, 0.25) is 0 Å². The number of nitrogens with zero attached hydrogens (tertiary/aromatic N) is 12. The Morgan fingerprint density at radius 3 is 1.78 bits per heavy atom. The van der Waals surface area contributed by atoms with E-state index in [0.29, 0.717) is 71.3 Å². The highest BCUT2D eigenvalue weighted by Crippen LogP contribution is 2.29. The molecule has 10 rings (SSSR count). The number of halogens is 1. The van der Waals surface area contributed by atoms with E-state index >= 15 is 0 Å². The van der Waals surface area contributed by atoms with Crippen molar-refractivity contribution in [1.82, 2.24) is 59.0 Å². The summed E-state index contributed by atoms with van der Waals surface area (Å²) >= 11 is 6.26. The van der Waals surface area contributed by atoms with Gasteiger partial charge in [-0.2, -0.15) is 0 Å². The van der Waals surface area contributed by atoms with Crippen LogP contribution in [0.2, 0.25) is 5.15 Å². The molecule has 18 heteroatoms. The number of hydrogen-bond acceptors (Lipinski definition) is 14. The van der Waals surface area contributed by atoms with Crippen molar-refractivity contribution < 1.29 is 9.68 Å². The molecule has 0 unspecified atom stereocenters. The fraction of sp³-hybridized carbons (Fsp3) is 0.0952. The summed E-state index contributed by atoms with van der Waals surface area (Å²) in [5.41, 5.74) is 21.7. The van der Waals surface area contributed by atoms with Crippen LogP contribution in [-0.2, 0) is 13.1 Å². The van der Waals surface area contributed by atoms with Gasteiger partial charge in [-0.25, -0.2) is 49.8 Å². The molecular formula is C42H35BClN14O2. The maximum atomic E-state index is 8.30. The minimum atomic E-state index is 0.357. The normalized spacial score (nSPS) is 10.9. The van der Waals surface area contributed by atoms with Crippen LogP contribution in [0.25, 0.3) is 55.7 Å². The summed E-state index contributed by atoms with van der Waals surface area (Å²) in [4.78, 5) is 43.0. The Morgan fingerprint density at radius 2 is 1.18 bits per heavy atom. The summed E-state index contributed by atoms with van der Waals surface area (Å²) in [5, 5.41) is 10.6. The zero-order valence-electron chi connectivity index (χ0n) is 32.3. The standard InChI is InChI=1S/C21H17N7.C14H10ClN7.C7H8BO2/c1-13-5-2-3-7-16(13)17-15(9-14-6-4-8-23-20(14)27-17)10-28-12-26-18-19(22)24-11-25-21(18)28;15-11-9(4-8-2-1-3-17-13(8)21-11)5-22-7-20-10-12(16)18-6-19-14(10)22;1-6-4-2-3-5-7(6)10-8-9/h2-9,11-12H,10H2,1H3,(H2,22,24,25);1-4,6-7H,5H2,(H2,16,18,19);2-5,9H,1H3. The van der Waals surface area contributed by atoms with Gasteiger partial charge in [-0.05, 0) is 73.0 Å². The summed E-state index contributed by atoms with van der Waals surface area (Å²) in [5.74, 6) is 1.42. The van der Waals surface area contributed by atoms with Gasteiger partial charge in [-0.3, -0.25) is 0 Å². The van der Waals surface area contributed by atoms with Gasteiger partial charge in [0, 0.05) is 34.3 Å². The zero-order chi connectivity index (χ0) is 41.6. The largest absolute Gasteiger partial charge is 0.569 e. The van der Waals surface area contributed by atoms with Crippen LogP contribution in [0.15, 0.2) is 123 Å². The molecule has 0 spiro atoms. The third-order valence-electron chi connectivity index (χ3n) is 9.50. The van der Waals surface area contributed by atoms with E-state index in [2.05, 4.69) is 70.0 Å². The second-order valence-corrected chi connectivity index (χ2v) is 13.8. The fourth-order valence-corrected chi connectivity index (χ4v) is 6.72. The number of anilines is 2. The van der Waals surface area contributed by atoms with Crippen LogP contribution < -0.4 is 16.1 Å². The van der Waals surface area contributed by atoms with Gasteiger partial charge in [-0.1, -0.05) is 54.1 Å². The van der Waals surface area contributed by atoms with Crippen LogP contribution in [-0.4, -0.2) is 71.7 Å². The zero-order valence-corrected chi connectivity index (χ0v) is 33.0. The SMILES string of the molecule is Cc1ccccc1-c1nc2ncccc2cc1Cn1cnc2c(N)ncnc21.Cc1ccccc1O[B]O.Nc1ncnc2c1ncn2Cc1cc2cccnc2nc1Cl. The first-order valence-electron chi connectivity index (χ1n) is 18.5. The maximum Gasteiger partial charge on any atom is 0.569 e. The first-order valence-corrected chi connectivity index (χ1v) is 18.9. The first kappa shape index (κ1) is 39.2. The number of benzene rings is 2. The molecular weight excluding hydrogens is 779 g/mol. The van der Waals surface area contributed by atoms with Crippen molar-refractivity contribution in [2.24, 2.45) is 0 Å². The van der Waals surface area contributed by atoms with E-state index < -0.39 is 0 Å². The first-order chi connectivity index (χ1) is 29.3. The van der Waals surface area contributed by atoms with Crippen LogP contribution in [0.3, 0.4) is 0 Å². The minimum absolute atomic E-state index is 0.357. The van der Waals surface area contributed by atoms with Crippen molar-refractivity contribution in [2.75, 3.05) is 11.5 Å². The molecule has 8 aromatic heterocycles. The summed E-state index contributed by atoms with van der Waals surface area (Å²) in [6.07, 6.45) is 9.74. The quantitative estimate of drug-likeness (QED) is 0.118. The van der Waals surface area contributed by atoms with Gasteiger partial charge < -0.3 is 30.3 Å². The highest BCUT2D eigenvalue weighted by atomic mass is 35.5. The van der Waals surface area contributed by atoms with Crippen molar-refractivity contribution in [3.8, 4) is 17.0 Å². The van der Waals surface area contributed by atoms with Crippen LogP contribution >= 0.6 is 11.6 Å². The number of para-hydroxylation sites is 1. The number of nitrogens with two attached hydrogens (primary N) is 2. The second kappa shape index (κ2) is 17.5. The Hall–Kier alpha value is -7.63. The molecule has 2 aromatic carbocycles. The number of aromatic nitrogens is 12. The third kappa shape index (κ3) is 8.34. The molecule has 0 atom stereocenters. The third-order valence-corrected chi connectivity index (χ3v) is 9.83. The van der Waals surface area contributed by atoms with Crippen LogP contribution in [0.1, 0.15) is 22.3 Å². The number of rotatable bonds is 7. The molecule has 10 aromatic rings. The topological polar surface area (TPSA) is 220 Å². The van der Waals surface area contributed by atoms with E-state index in [1.54, 1.807) is 31.1 Å². The molecule has 1 radical (unpaired) electrons. The number of nitrogen functional groups attached to an aromatic ring is 2. The van der Waals surface area contributed by atoms with Gasteiger partial charge in [-0.15, -0.1) is 0 Å². The predicted molar refractivity (Wildman–Crippen MR) is 232 cm³/mol. The van der Waals surface area contributed by atoms with Crippen molar-refractivity contribution in [3.63, 3.8) is 0 Å². The number of imidazole rings is 2. The number of hydrogen-bond donors (Lipinski definition) is 3. The van der Waals surface area contributed by atoms with Gasteiger partial charge >= 0.3 is 7.69 Å². The van der Waals surface area contributed by atoms with E-state index in [1.807, 2.05) is 76.7 Å². The maximum absolute atomic E-state index is 8.30. The van der Waals surface area contributed by atoms with E-state index in [9.17, 15) is 0 Å². The highest BCUT2D eigenvalue weighted by Gasteiger charge is 2.16. The highest BCUT2D eigenvalue weighted by molar-refractivity contribution is 6.30. The lowest BCUT2D eigenvalue weighted by atomic mass is 10.00. The summed E-state index contributed by atoms with van der Waals surface area (Å²) in [6.45, 7) is 5.06. The number of fused-ring (bicyclic) bond motifs is 4. The van der Waals surface area contributed by atoms with Gasteiger partial charge in [0.05, 0.1) is 31.4 Å². The van der Waals surface area contributed by atoms with Gasteiger partial charge in [0.15, 0.2) is 34.2 Å². The molecule has 60 heavy (non-hydrogen) atoms. The van der Waals surface area contributed by atoms with Crippen molar-refractivity contribution in [3.05, 3.63) is 150 Å². The molecule has 0 aliphatic heterocycles. The van der Waals surface area contributed by atoms with Crippen LogP contribution in [0.4, 0.5) is 11.6 Å². The molecule has 0 saturated carbocycles. The van der Waals surface area contributed by atoms with Gasteiger partial charge in [0.25, 0.3) is 0 Å². The average Bonchev–Trinajstić information content (AvgIpc) is 3.88.